The Morgan fingerprint density at radius 3 is 2.24 bits per heavy atom. The zero-order chi connectivity index (χ0) is 15.0. The van der Waals surface area contributed by atoms with Crippen LogP contribution < -0.4 is 0 Å². The first-order valence-corrected chi connectivity index (χ1v) is 7.98. The standard InChI is InChI=1S/C21H24/c1-14(2)16-6-5-7-18(10-16)21-12-19-9-8-17(15(3)4)11-20(19)13-21/h5-12,14-15H,13H2,1-4H3. The van der Waals surface area contributed by atoms with Crippen LogP contribution in [0.15, 0.2) is 42.5 Å². The van der Waals surface area contributed by atoms with Gasteiger partial charge in [-0.2, -0.15) is 0 Å². The predicted molar refractivity (Wildman–Crippen MR) is 92.6 cm³/mol. The van der Waals surface area contributed by atoms with Crippen molar-refractivity contribution in [2.45, 2.75) is 46.0 Å². The molecular formula is C21H24. The third kappa shape index (κ3) is 2.81. The van der Waals surface area contributed by atoms with Crippen LogP contribution in [0.3, 0.4) is 0 Å². The van der Waals surface area contributed by atoms with E-state index in [1.807, 2.05) is 0 Å². The summed E-state index contributed by atoms with van der Waals surface area (Å²) in [5.74, 6) is 1.19. The molecule has 3 rings (SSSR count). The van der Waals surface area contributed by atoms with Crippen molar-refractivity contribution >= 4 is 11.6 Å². The van der Waals surface area contributed by atoms with Gasteiger partial charge in [0.15, 0.2) is 0 Å². The summed E-state index contributed by atoms with van der Waals surface area (Å²) in [5.41, 5.74) is 8.57. The van der Waals surface area contributed by atoms with Gasteiger partial charge in [-0.15, -0.1) is 0 Å². The molecule has 0 fully saturated rings. The summed E-state index contributed by atoms with van der Waals surface area (Å²) >= 11 is 0. The van der Waals surface area contributed by atoms with Gasteiger partial charge in [-0.25, -0.2) is 0 Å². The van der Waals surface area contributed by atoms with Crippen molar-refractivity contribution in [2.24, 2.45) is 0 Å². The molecule has 0 N–H and O–H groups in total. The molecule has 1 aliphatic rings. The SMILES string of the molecule is CC(C)c1cccc(C2=Cc3ccc(C(C)C)cc3C2)c1. The minimum Gasteiger partial charge on any atom is -0.0614 e. The highest BCUT2D eigenvalue weighted by Gasteiger charge is 2.15. The minimum atomic E-state index is 0.585. The van der Waals surface area contributed by atoms with Crippen molar-refractivity contribution in [3.63, 3.8) is 0 Å². The third-order valence-electron chi connectivity index (χ3n) is 4.47. The van der Waals surface area contributed by atoms with E-state index in [9.17, 15) is 0 Å². The van der Waals surface area contributed by atoms with E-state index in [1.54, 1.807) is 0 Å². The molecule has 108 valence electrons. The molecule has 2 aromatic rings. The smallest absolute Gasteiger partial charge is 0.00136 e. The summed E-state index contributed by atoms with van der Waals surface area (Å²) in [7, 11) is 0. The molecule has 1 aliphatic carbocycles. The molecule has 0 atom stereocenters. The molecule has 0 bridgehead atoms. The van der Waals surface area contributed by atoms with Gasteiger partial charge in [0.05, 0.1) is 0 Å². The lowest BCUT2D eigenvalue weighted by Gasteiger charge is -2.09. The number of benzene rings is 2. The molecule has 21 heavy (non-hydrogen) atoms. The number of fused-ring (bicyclic) bond motifs is 1. The Kier molecular flexibility index (Phi) is 3.71. The van der Waals surface area contributed by atoms with Gasteiger partial charge in [0.25, 0.3) is 0 Å². The fourth-order valence-electron chi connectivity index (χ4n) is 3.01. The van der Waals surface area contributed by atoms with Gasteiger partial charge >= 0.3 is 0 Å². The summed E-state index contributed by atoms with van der Waals surface area (Å²) in [6, 6.07) is 16.0. The molecule has 0 saturated carbocycles. The number of allylic oxidation sites excluding steroid dienone is 1. The van der Waals surface area contributed by atoms with Gasteiger partial charge in [-0.3, -0.25) is 0 Å². The molecule has 0 radical (unpaired) electrons. The lowest BCUT2D eigenvalue weighted by atomic mass is 9.95. The molecule has 0 nitrogen and oxygen atoms in total. The molecule has 0 saturated heterocycles. The lowest BCUT2D eigenvalue weighted by molar-refractivity contribution is 0.863. The van der Waals surface area contributed by atoms with E-state index in [2.05, 4.69) is 76.2 Å². The highest BCUT2D eigenvalue weighted by molar-refractivity contribution is 5.88. The van der Waals surface area contributed by atoms with Crippen LogP contribution in [0.2, 0.25) is 0 Å². The monoisotopic (exact) mass is 276 g/mol. The largest absolute Gasteiger partial charge is 0.0614 e. The maximum Gasteiger partial charge on any atom is -0.00136 e. The minimum absolute atomic E-state index is 0.585. The molecule has 0 heterocycles. The zero-order valence-electron chi connectivity index (χ0n) is 13.5. The summed E-state index contributed by atoms with van der Waals surface area (Å²) in [4.78, 5) is 0. The Hall–Kier alpha value is -1.82. The van der Waals surface area contributed by atoms with E-state index in [4.69, 9.17) is 0 Å². The first kappa shape index (κ1) is 14.1. The normalized spacial score (nSPS) is 13.7. The van der Waals surface area contributed by atoms with Gasteiger partial charge < -0.3 is 0 Å². The van der Waals surface area contributed by atoms with Crippen molar-refractivity contribution in [3.8, 4) is 0 Å². The van der Waals surface area contributed by atoms with E-state index >= 15 is 0 Å². The van der Waals surface area contributed by atoms with E-state index in [0.29, 0.717) is 11.8 Å². The Balaban J connectivity index is 1.91. The molecule has 0 heteroatoms. The average molecular weight is 276 g/mol. The van der Waals surface area contributed by atoms with E-state index in [1.165, 1.54) is 33.4 Å². The van der Waals surface area contributed by atoms with Crippen molar-refractivity contribution in [2.75, 3.05) is 0 Å². The molecule has 0 amide bonds. The first-order valence-electron chi connectivity index (χ1n) is 7.98. The zero-order valence-corrected chi connectivity index (χ0v) is 13.5. The van der Waals surface area contributed by atoms with Crippen LogP contribution >= 0.6 is 0 Å². The Labute approximate surface area is 128 Å². The van der Waals surface area contributed by atoms with Crippen LogP contribution in [0.25, 0.3) is 11.6 Å². The van der Waals surface area contributed by atoms with Crippen molar-refractivity contribution in [1.29, 1.82) is 0 Å². The molecular weight excluding hydrogens is 252 g/mol. The van der Waals surface area contributed by atoms with Gasteiger partial charge in [0.2, 0.25) is 0 Å². The van der Waals surface area contributed by atoms with Gasteiger partial charge in [-0.05, 0) is 51.6 Å². The number of hydrogen-bond acceptors (Lipinski definition) is 0. The predicted octanol–water partition coefficient (Wildman–Crippen LogP) is 6.03. The fourth-order valence-corrected chi connectivity index (χ4v) is 3.01. The summed E-state index contributed by atoms with van der Waals surface area (Å²) in [5, 5.41) is 0. The van der Waals surface area contributed by atoms with E-state index < -0.39 is 0 Å². The Morgan fingerprint density at radius 1 is 0.810 bits per heavy atom. The lowest BCUT2D eigenvalue weighted by Crippen LogP contribution is -1.92. The molecule has 0 unspecified atom stereocenters. The van der Waals surface area contributed by atoms with Crippen molar-refractivity contribution in [1.82, 2.24) is 0 Å². The highest BCUT2D eigenvalue weighted by atomic mass is 14.2. The second-order valence-electron chi connectivity index (χ2n) is 6.74. The second kappa shape index (κ2) is 5.52. The van der Waals surface area contributed by atoms with Crippen molar-refractivity contribution in [3.05, 3.63) is 70.3 Å². The van der Waals surface area contributed by atoms with E-state index in [0.717, 1.165) is 6.42 Å². The summed E-state index contributed by atoms with van der Waals surface area (Å²) in [6.45, 7) is 9.03. The molecule has 0 spiro atoms. The highest BCUT2D eigenvalue weighted by Crippen LogP contribution is 2.34. The van der Waals surface area contributed by atoms with Gasteiger partial charge in [0.1, 0.15) is 0 Å². The number of hydrogen-bond donors (Lipinski definition) is 0. The van der Waals surface area contributed by atoms with Crippen LogP contribution in [0.4, 0.5) is 0 Å². The van der Waals surface area contributed by atoms with Crippen molar-refractivity contribution < 1.29 is 0 Å². The average Bonchev–Trinajstić information content (AvgIpc) is 2.90. The van der Waals surface area contributed by atoms with Gasteiger partial charge in [0, 0.05) is 0 Å². The summed E-state index contributed by atoms with van der Waals surface area (Å²) < 4.78 is 0. The molecule has 0 aromatic heterocycles. The van der Waals surface area contributed by atoms with Crippen LogP contribution in [0, 0.1) is 0 Å². The molecule has 0 aliphatic heterocycles. The second-order valence-corrected chi connectivity index (χ2v) is 6.74. The van der Waals surface area contributed by atoms with E-state index in [-0.39, 0.29) is 0 Å². The third-order valence-corrected chi connectivity index (χ3v) is 4.47. The maximum atomic E-state index is 2.38. The first-order chi connectivity index (χ1) is 10.0. The number of rotatable bonds is 3. The van der Waals surface area contributed by atoms with Crippen LogP contribution in [-0.2, 0) is 6.42 Å². The van der Waals surface area contributed by atoms with Crippen LogP contribution in [0.5, 0.6) is 0 Å². The summed E-state index contributed by atoms with van der Waals surface area (Å²) in [6.07, 6.45) is 3.43. The molecule has 2 aromatic carbocycles. The Bertz CT molecular complexity index is 687. The topological polar surface area (TPSA) is 0 Å². The van der Waals surface area contributed by atoms with Crippen LogP contribution in [0.1, 0.15) is 67.3 Å². The maximum absolute atomic E-state index is 2.38. The fraction of sp³-hybridized carbons (Fsp3) is 0.333. The van der Waals surface area contributed by atoms with Crippen LogP contribution in [-0.4, -0.2) is 0 Å². The quantitative estimate of drug-likeness (QED) is 0.642. The Morgan fingerprint density at radius 2 is 1.52 bits per heavy atom. The van der Waals surface area contributed by atoms with Gasteiger partial charge in [-0.1, -0.05) is 76.2 Å².